The van der Waals surface area contributed by atoms with E-state index in [0.717, 1.165) is 39.1 Å². The van der Waals surface area contributed by atoms with E-state index in [1.165, 1.54) is 0 Å². The third-order valence-electron chi connectivity index (χ3n) is 6.61. The Bertz CT molecular complexity index is 1770. The number of rotatable bonds is 8. The Morgan fingerprint density at radius 2 is 1.41 bits per heavy atom. The molecule has 9 nitrogen and oxygen atoms in total. The minimum absolute atomic E-state index is 0.476. The van der Waals surface area contributed by atoms with Gasteiger partial charge in [0.15, 0.2) is 23.0 Å². The average Bonchev–Trinajstić information content (AvgIpc) is 3.58. The van der Waals surface area contributed by atoms with Crippen LogP contribution in [0, 0.1) is 0 Å². The molecule has 3 aromatic heterocycles. The molecule has 0 bridgehead atoms. The number of fused-ring (bicyclic) bond motifs is 3. The van der Waals surface area contributed by atoms with Gasteiger partial charge in [-0.3, -0.25) is 0 Å². The van der Waals surface area contributed by atoms with Crippen molar-refractivity contribution in [3.8, 4) is 45.4 Å². The number of benzene rings is 3. The molecule has 0 unspecified atom stereocenters. The molecule has 0 aliphatic carbocycles. The first-order valence-corrected chi connectivity index (χ1v) is 12.3. The predicted octanol–water partition coefficient (Wildman–Crippen LogP) is 5.83. The number of nitrogens with zero attached hydrogens (tertiary/aromatic N) is 4. The Labute approximate surface area is 224 Å². The summed E-state index contributed by atoms with van der Waals surface area (Å²) in [4.78, 5) is 9.51. The van der Waals surface area contributed by atoms with Gasteiger partial charge in [0.2, 0.25) is 5.71 Å². The van der Waals surface area contributed by atoms with Gasteiger partial charge in [0.05, 0.1) is 33.8 Å². The molecule has 39 heavy (non-hydrogen) atoms. The lowest BCUT2D eigenvalue weighted by Crippen LogP contribution is -1.95. The van der Waals surface area contributed by atoms with Gasteiger partial charge in [0, 0.05) is 17.5 Å². The third kappa shape index (κ3) is 4.37. The second kappa shape index (κ2) is 10.0. The van der Waals surface area contributed by atoms with Crippen LogP contribution >= 0.6 is 0 Å². The Morgan fingerprint density at radius 1 is 0.744 bits per heavy atom. The minimum atomic E-state index is 0.476. The molecule has 0 aliphatic heterocycles. The lowest BCUT2D eigenvalue weighted by Gasteiger charge is -2.08. The number of hydrogen-bond acceptors (Lipinski definition) is 8. The normalized spacial score (nSPS) is 11.2. The van der Waals surface area contributed by atoms with E-state index in [9.17, 15) is 0 Å². The molecule has 0 saturated heterocycles. The van der Waals surface area contributed by atoms with Crippen molar-refractivity contribution in [1.29, 1.82) is 0 Å². The first-order valence-electron chi connectivity index (χ1n) is 12.3. The highest BCUT2D eigenvalue weighted by molar-refractivity contribution is 6.07. The summed E-state index contributed by atoms with van der Waals surface area (Å²) in [6.07, 6.45) is 2.13. The van der Waals surface area contributed by atoms with Crippen LogP contribution in [0.5, 0.6) is 23.0 Å². The fourth-order valence-electron chi connectivity index (χ4n) is 4.67. The molecule has 0 atom stereocenters. The third-order valence-corrected chi connectivity index (χ3v) is 6.61. The minimum Gasteiger partial charge on any atom is -0.497 e. The highest BCUT2D eigenvalue weighted by Crippen LogP contribution is 2.42. The topological polar surface area (TPSA) is 93.1 Å². The maximum absolute atomic E-state index is 6.37. The fraction of sp³-hybridized carbons (Fsp3) is 0.167. The van der Waals surface area contributed by atoms with Gasteiger partial charge in [-0.05, 0) is 59.7 Å². The first-order chi connectivity index (χ1) is 19.1. The van der Waals surface area contributed by atoms with Crippen molar-refractivity contribution in [2.24, 2.45) is 0 Å². The summed E-state index contributed by atoms with van der Waals surface area (Å²) < 4.78 is 29.6. The Kier molecular flexibility index (Phi) is 6.24. The van der Waals surface area contributed by atoms with Gasteiger partial charge >= 0.3 is 0 Å². The summed E-state index contributed by atoms with van der Waals surface area (Å²) in [5.74, 6) is 4.18. The van der Waals surface area contributed by atoms with E-state index in [2.05, 4.69) is 4.98 Å². The SMILES string of the molecule is COc1ccc(-c2oc3ncn4nc(Cc5ccc(OC)c(OC)c5)nc4c3c2-c2ccc(OC)cc2)cc1. The molecule has 6 aromatic rings. The smallest absolute Gasteiger partial charge is 0.232 e. The van der Waals surface area contributed by atoms with Crippen LogP contribution in [0.25, 0.3) is 39.2 Å². The fourth-order valence-corrected chi connectivity index (χ4v) is 4.67. The average molecular weight is 523 g/mol. The molecule has 0 radical (unpaired) electrons. The summed E-state index contributed by atoms with van der Waals surface area (Å²) in [5.41, 5.74) is 4.84. The molecule has 0 spiro atoms. The van der Waals surface area contributed by atoms with Crippen LogP contribution in [0.2, 0.25) is 0 Å². The van der Waals surface area contributed by atoms with Crippen molar-refractivity contribution in [3.05, 3.63) is 84.4 Å². The monoisotopic (exact) mass is 522 g/mol. The van der Waals surface area contributed by atoms with Crippen LogP contribution < -0.4 is 18.9 Å². The summed E-state index contributed by atoms with van der Waals surface area (Å²) >= 11 is 0. The van der Waals surface area contributed by atoms with Crippen LogP contribution in [0.1, 0.15) is 11.4 Å². The lowest BCUT2D eigenvalue weighted by molar-refractivity contribution is 0.354. The van der Waals surface area contributed by atoms with E-state index in [0.29, 0.717) is 40.9 Å². The summed E-state index contributed by atoms with van der Waals surface area (Å²) in [5, 5.41) is 5.49. The van der Waals surface area contributed by atoms with Gasteiger partial charge in [-0.1, -0.05) is 18.2 Å². The second-order valence-electron chi connectivity index (χ2n) is 8.85. The molecule has 6 rings (SSSR count). The standard InChI is InChI=1S/C30H26N4O5/c1-35-21-10-6-19(7-11-21)26-27-29-32-25(16-18-5-14-23(37-3)24(15-18)38-4)33-34(29)17-31-30(27)39-28(26)20-8-12-22(36-2)13-9-20/h5-15,17H,16H2,1-4H3. The molecule has 9 heteroatoms. The molecular weight excluding hydrogens is 496 g/mol. The zero-order valence-electron chi connectivity index (χ0n) is 22.0. The van der Waals surface area contributed by atoms with Gasteiger partial charge in [-0.2, -0.15) is 0 Å². The van der Waals surface area contributed by atoms with Crippen LogP contribution in [0.15, 0.2) is 77.5 Å². The zero-order chi connectivity index (χ0) is 26.9. The molecule has 0 aliphatic rings. The number of hydrogen-bond donors (Lipinski definition) is 0. The van der Waals surface area contributed by atoms with Crippen molar-refractivity contribution < 1.29 is 23.4 Å². The molecule has 196 valence electrons. The lowest BCUT2D eigenvalue weighted by atomic mass is 9.99. The van der Waals surface area contributed by atoms with Crippen LogP contribution in [0.3, 0.4) is 0 Å². The number of furan rings is 1. The molecule has 3 aromatic carbocycles. The van der Waals surface area contributed by atoms with Crippen molar-refractivity contribution >= 4 is 16.7 Å². The summed E-state index contributed by atoms with van der Waals surface area (Å²) in [6, 6.07) is 21.4. The molecule has 3 heterocycles. The Hall–Kier alpha value is -5.05. The Balaban J connectivity index is 1.52. The van der Waals surface area contributed by atoms with Crippen molar-refractivity contribution in [2.45, 2.75) is 6.42 Å². The van der Waals surface area contributed by atoms with E-state index >= 15 is 0 Å². The maximum Gasteiger partial charge on any atom is 0.232 e. The van der Waals surface area contributed by atoms with Gasteiger partial charge in [-0.15, -0.1) is 5.10 Å². The van der Waals surface area contributed by atoms with Crippen LogP contribution in [-0.2, 0) is 6.42 Å². The van der Waals surface area contributed by atoms with Crippen LogP contribution in [0.4, 0.5) is 0 Å². The van der Waals surface area contributed by atoms with E-state index in [1.54, 1.807) is 39.3 Å². The molecule has 0 fully saturated rings. The van der Waals surface area contributed by atoms with E-state index < -0.39 is 0 Å². The van der Waals surface area contributed by atoms with Gasteiger partial charge in [-0.25, -0.2) is 14.5 Å². The molecule has 0 N–H and O–H groups in total. The van der Waals surface area contributed by atoms with Gasteiger partial charge in [0.25, 0.3) is 0 Å². The molecule has 0 amide bonds. The highest BCUT2D eigenvalue weighted by atomic mass is 16.5. The zero-order valence-corrected chi connectivity index (χ0v) is 22.0. The Morgan fingerprint density at radius 3 is 2.05 bits per heavy atom. The van der Waals surface area contributed by atoms with Crippen molar-refractivity contribution in [1.82, 2.24) is 19.6 Å². The van der Waals surface area contributed by atoms with Crippen molar-refractivity contribution in [2.75, 3.05) is 28.4 Å². The number of ether oxygens (including phenoxy) is 4. The molecule has 0 saturated carbocycles. The van der Waals surface area contributed by atoms with Crippen molar-refractivity contribution in [3.63, 3.8) is 0 Å². The highest BCUT2D eigenvalue weighted by Gasteiger charge is 2.23. The largest absolute Gasteiger partial charge is 0.497 e. The second-order valence-corrected chi connectivity index (χ2v) is 8.85. The van der Waals surface area contributed by atoms with Crippen LogP contribution in [-0.4, -0.2) is 48.0 Å². The summed E-state index contributed by atoms with van der Waals surface area (Å²) in [6.45, 7) is 0. The quantitative estimate of drug-likeness (QED) is 0.247. The van der Waals surface area contributed by atoms with E-state index in [1.807, 2.05) is 66.7 Å². The predicted molar refractivity (Wildman–Crippen MR) is 147 cm³/mol. The maximum atomic E-state index is 6.37. The molecular formula is C30H26N4O5. The van der Waals surface area contributed by atoms with Gasteiger partial charge in [0.1, 0.15) is 23.6 Å². The number of methoxy groups -OCH3 is 4. The van der Waals surface area contributed by atoms with Gasteiger partial charge < -0.3 is 23.4 Å². The first kappa shape index (κ1) is 24.3. The number of aromatic nitrogens is 4. The van der Waals surface area contributed by atoms with E-state index in [-0.39, 0.29) is 0 Å². The van der Waals surface area contributed by atoms with E-state index in [4.69, 9.17) is 33.4 Å². The summed E-state index contributed by atoms with van der Waals surface area (Å²) in [7, 11) is 6.53.